The Balaban J connectivity index is 1.79. The fourth-order valence-electron chi connectivity index (χ4n) is 4.10. The van der Waals surface area contributed by atoms with Crippen molar-refractivity contribution in [3.8, 4) is 34.1 Å². The number of pyridine rings is 1. The van der Waals surface area contributed by atoms with Crippen LogP contribution < -0.4 is 10.5 Å². The van der Waals surface area contributed by atoms with Crippen molar-refractivity contribution in [1.29, 1.82) is 5.26 Å². The first-order valence-corrected chi connectivity index (χ1v) is 10.7. The highest BCUT2D eigenvalue weighted by Crippen LogP contribution is 2.44. The highest BCUT2D eigenvalue weighted by molar-refractivity contribution is 6.05. The minimum Gasteiger partial charge on any atom is -0.488 e. The molecule has 4 aromatic carbocycles. The molecule has 33 heavy (non-hydrogen) atoms. The van der Waals surface area contributed by atoms with Gasteiger partial charge in [0.15, 0.2) is 0 Å². The average molecular weight is 428 g/mol. The molecule has 0 radical (unpaired) electrons. The molecule has 1 aromatic heterocycles. The van der Waals surface area contributed by atoms with Crippen LogP contribution in [0.3, 0.4) is 0 Å². The molecule has 0 saturated heterocycles. The number of benzene rings is 4. The van der Waals surface area contributed by atoms with Crippen LogP contribution in [-0.2, 0) is 6.61 Å². The van der Waals surface area contributed by atoms with E-state index in [4.69, 9.17) is 10.5 Å². The van der Waals surface area contributed by atoms with Crippen molar-refractivity contribution in [3.05, 3.63) is 114 Å². The first-order chi connectivity index (χ1) is 16.3. The van der Waals surface area contributed by atoms with Crippen LogP contribution in [0.15, 0.2) is 103 Å². The van der Waals surface area contributed by atoms with Crippen LogP contribution in [0.4, 0.5) is 5.82 Å². The second-order valence-electron chi connectivity index (χ2n) is 7.72. The van der Waals surface area contributed by atoms with Crippen molar-refractivity contribution in [2.45, 2.75) is 6.61 Å². The van der Waals surface area contributed by atoms with Crippen molar-refractivity contribution in [1.82, 2.24) is 4.98 Å². The Kier molecular flexibility index (Phi) is 5.45. The predicted octanol–water partition coefficient (Wildman–Crippen LogP) is 6.60. The lowest BCUT2D eigenvalue weighted by Gasteiger charge is -2.19. The SMILES string of the molecule is N#Cc1c(N)ncc(-c2ccccc2)c1-c1c(OCc2ccccc2)ccc2ccccc12. The summed E-state index contributed by atoms with van der Waals surface area (Å²) >= 11 is 0. The first-order valence-electron chi connectivity index (χ1n) is 10.7. The van der Waals surface area contributed by atoms with Crippen LogP contribution in [0.25, 0.3) is 33.0 Å². The van der Waals surface area contributed by atoms with E-state index in [1.54, 1.807) is 6.20 Å². The van der Waals surface area contributed by atoms with Gasteiger partial charge in [-0.1, -0.05) is 91.0 Å². The largest absolute Gasteiger partial charge is 0.488 e. The molecule has 0 aliphatic carbocycles. The molecule has 0 aliphatic rings. The van der Waals surface area contributed by atoms with E-state index < -0.39 is 0 Å². The smallest absolute Gasteiger partial charge is 0.141 e. The summed E-state index contributed by atoms with van der Waals surface area (Å²) in [5.41, 5.74) is 11.0. The molecule has 0 atom stereocenters. The summed E-state index contributed by atoms with van der Waals surface area (Å²) < 4.78 is 6.35. The van der Waals surface area contributed by atoms with Gasteiger partial charge < -0.3 is 10.5 Å². The van der Waals surface area contributed by atoms with E-state index in [9.17, 15) is 5.26 Å². The lowest BCUT2D eigenvalue weighted by Crippen LogP contribution is -2.03. The van der Waals surface area contributed by atoms with Gasteiger partial charge in [-0.2, -0.15) is 5.26 Å². The van der Waals surface area contributed by atoms with Crippen LogP contribution in [0.5, 0.6) is 5.75 Å². The number of nitriles is 1. The number of hydrogen-bond acceptors (Lipinski definition) is 4. The van der Waals surface area contributed by atoms with Gasteiger partial charge in [0, 0.05) is 22.9 Å². The van der Waals surface area contributed by atoms with Crippen LogP contribution in [0.1, 0.15) is 11.1 Å². The molecule has 1 heterocycles. The van der Waals surface area contributed by atoms with Crippen molar-refractivity contribution in [3.63, 3.8) is 0 Å². The maximum absolute atomic E-state index is 10.1. The van der Waals surface area contributed by atoms with Gasteiger partial charge in [-0.15, -0.1) is 0 Å². The number of aromatic nitrogens is 1. The Morgan fingerprint density at radius 2 is 1.48 bits per heavy atom. The molecule has 5 rings (SSSR count). The Bertz CT molecular complexity index is 1470. The van der Waals surface area contributed by atoms with E-state index in [2.05, 4.69) is 17.1 Å². The lowest BCUT2D eigenvalue weighted by atomic mass is 9.89. The van der Waals surface area contributed by atoms with Crippen molar-refractivity contribution < 1.29 is 4.74 Å². The van der Waals surface area contributed by atoms with Gasteiger partial charge in [0.1, 0.15) is 29.8 Å². The van der Waals surface area contributed by atoms with E-state index >= 15 is 0 Å². The third kappa shape index (κ3) is 3.88. The minimum absolute atomic E-state index is 0.203. The second kappa shape index (κ2) is 8.86. The van der Waals surface area contributed by atoms with Gasteiger partial charge >= 0.3 is 0 Å². The van der Waals surface area contributed by atoms with Crippen LogP contribution in [0.2, 0.25) is 0 Å². The van der Waals surface area contributed by atoms with Crippen molar-refractivity contribution in [2.75, 3.05) is 5.73 Å². The molecular weight excluding hydrogens is 406 g/mol. The molecule has 4 nitrogen and oxygen atoms in total. The number of rotatable bonds is 5. The standard InChI is InChI=1S/C29H21N3O/c30-17-24-27(25(18-32-29(24)31)21-11-5-2-6-12-21)28-23-14-8-7-13-22(23)15-16-26(28)33-19-20-9-3-1-4-10-20/h1-16,18H,19H2,(H2,31,32). The predicted molar refractivity (Wildman–Crippen MR) is 133 cm³/mol. The molecule has 4 heteroatoms. The quantitative estimate of drug-likeness (QED) is 0.343. The first kappa shape index (κ1) is 20.3. The minimum atomic E-state index is 0.203. The summed E-state index contributed by atoms with van der Waals surface area (Å²) in [6.45, 7) is 0.412. The highest BCUT2D eigenvalue weighted by Gasteiger charge is 2.22. The monoisotopic (exact) mass is 427 g/mol. The Morgan fingerprint density at radius 3 is 2.24 bits per heavy atom. The molecule has 2 N–H and O–H groups in total. The van der Waals surface area contributed by atoms with Gasteiger partial charge in [0.25, 0.3) is 0 Å². The van der Waals surface area contributed by atoms with E-state index in [0.717, 1.165) is 38.6 Å². The molecule has 0 fully saturated rings. The van der Waals surface area contributed by atoms with Gasteiger partial charge in [-0.05, 0) is 28.0 Å². The average Bonchev–Trinajstić information content (AvgIpc) is 2.88. The van der Waals surface area contributed by atoms with E-state index in [1.807, 2.05) is 91.0 Å². The Morgan fingerprint density at radius 1 is 0.788 bits per heavy atom. The van der Waals surface area contributed by atoms with Gasteiger partial charge in [0.2, 0.25) is 0 Å². The summed E-state index contributed by atoms with van der Waals surface area (Å²) in [6, 6.07) is 34.3. The molecule has 0 unspecified atom stereocenters. The van der Waals surface area contributed by atoms with Crippen molar-refractivity contribution >= 4 is 16.6 Å². The maximum atomic E-state index is 10.1. The van der Waals surface area contributed by atoms with Crippen LogP contribution in [-0.4, -0.2) is 4.98 Å². The third-order valence-corrected chi connectivity index (χ3v) is 5.68. The normalized spacial score (nSPS) is 10.6. The summed E-state index contributed by atoms with van der Waals surface area (Å²) in [6.07, 6.45) is 1.74. The van der Waals surface area contributed by atoms with E-state index in [0.29, 0.717) is 17.9 Å². The molecular formula is C29H21N3O. The van der Waals surface area contributed by atoms with Crippen molar-refractivity contribution in [2.24, 2.45) is 0 Å². The summed E-state index contributed by atoms with van der Waals surface area (Å²) in [5.74, 6) is 0.894. The number of nitrogens with two attached hydrogens (primary N) is 1. The summed E-state index contributed by atoms with van der Waals surface area (Å²) in [7, 11) is 0. The summed E-state index contributed by atoms with van der Waals surface area (Å²) in [4.78, 5) is 4.33. The number of anilines is 1. The molecule has 5 aromatic rings. The molecule has 0 amide bonds. The van der Waals surface area contributed by atoms with Gasteiger partial charge in [0.05, 0.1) is 0 Å². The lowest BCUT2D eigenvalue weighted by molar-refractivity contribution is 0.308. The van der Waals surface area contributed by atoms with Gasteiger partial charge in [-0.3, -0.25) is 0 Å². The number of nitrogen functional groups attached to an aromatic ring is 1. The zero-order valence-electron chi connectivity index (χ0n) is 17.9. The highest BCUT2D eigenvalue weighted by atomic mass is 16.5. The van der Waals surface area contributed by atoms with E-state index in [-0.39, 0.29) is 5.82 Å². The Labute approximate surface area is 192 Å². The third-order valence-electron chi connectivity index (χ3n) is 5.68. The fraction of sp³-hybridized carbons (Fsp3) is 0.0345. The fourth-order valence-corrected chi connectivity index (χ4v) is 4.10. The Hall–Kier alpha value is -4.62. The molecule has 0 bridgehead atoms. The van der Waals surface area contributed by atoms with Crippen LogP contribution >= 0.6 is 0 Å². The molecule has 0 aliphatic heterocycles. The van der Waals surface area contributed by atoms with E-state index in [1.165, 1.54) is 0 Å². The van der Waals surface area contributed by atoms with Crippen LogP contribution in [0, 0.1) is 11.3 Å². The topological polar surface area (TPSA) is 71.9 Å². The number of hydrogen-bond donors (Lipinski definition) is 1. The zero-order chi connectivity index (χ0) is 22.6. The molecule has 0 spiro atoms. The molecule has 0 saturated carbocycles. The number of nitrogens with zero attached hydrogens (tertiary/aromatic N) is 2. The number of fused-ring (bicyclic) bond motifs is 1. The second-order valence-corrected chi connectivity index (χ2v) is 7.72. The zero-order valence-corrected chi connectivity index (χ0v) is 17.9. The summed E-state index contributed by atoms with van der Waals surface area (Å²) in [5, 5.41) is 12.1. The number of ether oxygens (including phenoxy) is 1. The molecule has 158 valence electrons. The maximum Gasteiger partial charge on any atom is 0.141 e. The van der Waals surface area contributed by atoms with Gasteiger partial charge in [-0.25, -0.2) is 4.98 Å².